The van der Waals surface area contributed by atoms with Crippen LogP contribution in [0.15, 0.2) is 18.2 Å². The van der Waals surface area contributed by atoms with E-state index in [1.807, 2.05) is 0 Å². The van der Waals surface area contributed by atoms with E-state index >= 15 is 0 Å². The van der Waals surface area contributed by atoms with Gasteiger partial charge in [0.1, 0.15) is 23.3 Å². The van der Waals surface area contributed by atoms with Crippen molar-refractivity contribution in [2.45, 2.75) is 31.4 Å². The number of hydrogen-bond donors (Lipinski definition) is 2. The van der Waals surface area contributed by atoms with Crippen LogP contribution in [0.1, 0.15) is 31.4 Å². The molecule has 0 bridgehead atoms. The van der Waals surface area contributed by atoms with Crippen LogP contribution in [0.4, 0.5) is 13.6 Å². The number of β-amino-alcohol motifs (C(OH)–C–C–N with tert-alkyl or cyclic N) is 1. The van der Waals surface area contributed by atoms with Gasteiger partial charge in [-0.1, -0.05) is 6.07 Å². The molecule has 2 fully saturated rings. The van der Waals surface area contributed by atoms with E-state index in [4.69, 9.17) is 0 Å². The second-order valence-electron chi connectivity index (χ2n) is 5.97. The van der Waals surface area contributed by atoms with Crippen molar-refractivity contribution in [1.82, 2.24) is 10.2 Å². The van der Waals surface area contributed by atoms with Crippen molar-refractivity contribution < 1.29 is 23.5 Å². The third-order valence-electron chi connectivity index (χ3n) is 4.38. The van der Waals surface area contributed by atoms with E-state index in [-0.39, 0.29) is 5.92 Å². The van der Waals surface area contributed by atoms with E-state index in [0.717, 1.165) is 29.9 Å². The molecule has 0 aromatic heterocycles. The normalized spacial score (nSPS) is 26.3. The molecule has 1 heterocycles. The van der Waals surface area contributed by atoms with E-state index in [9.17, 15) is 23.5 Å². The molecular weight excluding hydrogens is 294 g/mol. The minimum absolute atomic E-state index is 0.0799. The summed E-state index contributed by atoms with van der Waals surface area (Å²) in [5.74, 6) is -2.21. The Balaban J connectivity index is 1.81. The number of aliphatic hydroxyl groups is 1. The average Bonchev–Trinajstić information content (AvgIpc) is 3.25. The molecule has 1 saturated carbocycles. The standard InChI is InChI=1S/C15H16F2N2O3/c1-15(8-5-6-8)13(21)19(14(22)18-15)7-11(20)12-9(16)3-2-4-10(12)17/h2-4,8,11,20H,5-7H2,1H3,(H,18,22). The highest BCUT2D eigenvalue weighted by Crippen LogP contribution is 2.42. The Morgan fingerprint density at radius 2 is 1.95 bits per heavy atom. The number of aliphatic hydroxyl groups excluding tert-OH is 1. The molecule has 0 radical (unpaired) electrons. The minimum atomic E-state index is -1.61. The van der Waals surface area contributed by atoms with Crippen LogP contribution in [-0.4, -0.2) is 34.0 Å². The molecule has 3 amide bonds. The number of hydrogen-bond acceptors (Lipinski definition) is 3. The highest BCUT2D eigenvalue weighted by atomic mass is 19.1. The lowest BCUT2D eigenvalue weighted by Gasteiger charge is -2.22. The predicted molar refractivity (Wildman–Crippen MR) is 72.7 cm³/mol. The fourth-order valence-corrected chi connectivity index (χ4v) is 2.91. The Morgan fingerprint density at radius 3 is 2.50 bits per heavy atom. The van der Waals surface area contributed by atoms with Gasteiger partial charge in [0.2, 0.25) is 0 Å². The zero-order valence-corrected chi connectivity index (χ0v) is 12.0. The van der Waals surface area contributed by atoms with Gasteiger partial charge in [0.25, 0.3) is 5.91 Å². The summed E-state index contributed by atoms with van der Waals surface area (Å²) in [6.07, 6.45) is 0.0827. The van der Waals surface area contributed by atoms with Gasteiger partial charge in [-0.05, 0) is 37.8 Å². The van der Waals surface area contributed by atoms with Gasteiger partial charge in [-0.15, -0.1) is 0 Å². The molecule has 1 saturated heterocycles. The van der Waals surface area contributed by atoms with E-state index in [0.29, 0.717) is 0 Å². The van der Waals surface area contributed by atoms with Gasteiger partial charge in [-0.3, -0.25) is 9.69 Å². The highest BCUT2D eigenvalue weighted by Gasteiger charge is 2.56. The Kier molecular flexibility index (Phi) is 3.40. The summed E-state index contributed by atoms with van der Waals surface area (Å²) >= 11 is 0. The largest absolute Gasteiger partial charge is 0.386 e. The zero-order valence-electron chi connectivity index (χ0n) is 12.0. The second kappa shape index (κ2) is 5.01. The first-order valence-corrected chi connectivity index (χ1v) is 7.10. The summed E-state index contributed by atoms with van der Waals surface area (Å²) in [6, 6.07) is 2.57. The Labute approximate surface area is 125 Å². The van der Waals surface area contributed by atoms with Gasteiger partial charge in [0.15, 0.2) is 0 Å². The number of nitrogens with one attached hydrogen (secondary N) is 1. The number of rotatable bonds is 4. The van der Waals surface area contributed by atoms with E-state index < -0.39 is 47.3 Å². The van der Waals surface area contributed by atoms with Crippen LogP contribution in [-0.2, 0) is 4.79 Å². The van der Waals surface area contributed by atoms with Crippen LogP contribution in [0.2, 0.25) is 0 Å². The summed E-state index contributed by atoms with van der Waals surface area (Å²) in [5.41, 5.74) is -1.52. The molecule has 7 heteroatoms. The second-order valence-corrected chi connectivity index (χ2v) is 5.97. The maximum atomic E-state index is 13.7. The molecule has 0 spiro atoms. The lowest BCUT2D eigenvalue weighted by molar-refractivity contribution is -0.132. The fraction of sp³-hybridized carbons (Fsp3) is 0.467. The van der Waals surface area contributed by atoms with E-state index in [1.54, 1.807) is 6.92 Å². The van der Waals surface area contributed by atoms with Crippen molar-refractivity contribution >= 4 is 11.9 Å². The molecule has 1 aliphatic heterocycles. The number of amides is 3. The summed E-state index contributed by atoms with van der Waals surface area (Å²) < 4.78 is 27.3. The van der Waals surface area contributed by atoms with Crippen LogP contribution < -0.4 is 5.32 Å². The first-order chi connectivity index (χ1) is 10.3. The van der Waals surface area contributed by atoms with Crippen molar-refractivity contribution in [3.8, 4) is 0 Å². The third-order valence-corrected chi connectivity index (χ3v) is 4.38. The molecule has 2 unspecified atom stereocenters. The van der Waals surface area contributed by atoms with Crippen LogP contribution in [0.5, 0.6) is 0 Å². The van der Waals surface area contributed by atoms with Crippen LogP contribution in [0, 0.1) is 17.6 Å². The van der Waals surface area contributed by atoms with Gasteiger partial charge in [-0.2, -0.15) is 0 Å². The Bertz CT molecular complexity index is 627. The number of nitrogens with zero attached hydrogens (tertiary/aromatic N) is 1. The van der Waals surface area contributed by atoms with Gasteiger partial charge in [0.05, 0.1) is 12.1 Å². The molecule has 22 heavy (non-hydrogen) atoms. The predicted octanol–water partition coefficient (Wildman–Crippen LogP) is 1.72. The summed E-state index contributed by atoms with van der Waals surface area (Å²) in [7, 11) is 0. The molecule has 3 rings (SSSR count). The van der Waals surface area contributed by atoms with Crippen molar-refractivity contribution in [3.63, 3.8) is 0 Å². The smallest absolute Gasteiger partial charge is 0.325 e. The van der Waals surface area contributed by atoms with Gasteiger partial charge in [-0.25, -0.2) is 13.6 Å². The lowest BCUT2D eigenvalue weighted by Crippen LogP contribution is -2.46. The van der Waals surface area contributed by atoms with Gasteiger partial charge >= 0.3 is 6.03 Å². The molecule has 118 valence electrons. The fourth-order valence-electron chi connectivity index (χ4n) is 2.91. The molecule has 1 aromatic carbocycles. The van der Waals surface area contributed by atoms with Crippen LogP contribution >= 0.6 is 0 Å². The topological polar surface area (TPSA) is 69.6 Å². The maximum Gasteiger partial charge on any atom is 0.325 e. The molecule has 5 nitrogen and oxygen atoms in total. The summed E-state index contributed by atoms with van der Waals surface area (Å²) in [5, 5.41) is 12.7. The maximum absolute atomic E-state index is 13.7. The average molecular weight is 310 g/mol. The Morgan fingerprint density at radius 1 is 1.36 bits per heavy atom. The lowest BCUT2D eigenvalue weighted by atomic mass is 9.96. The number of carbonyl (C=O) groups is 2. The molecule has 1 aromatic rings. The van der Waals surface area contributed by atoms with E-state index in [1.165, 1.54) is 6.07 Å². The monoisotopic (exact) mass is 310 g/mol. The molecule has 2 atom stereocenters. The first kappa shape index (κ1) is 14.9. The molecular formula is C15H16F2N2O3. The number of halogens is 2. The van der Waals surface area contributed by atoms with Crippen LogP contribution in [0.25, 0.3) is 0 Å². The first-order valence-electron chi connectivity index (χ1n) is 7.10. The van der Waals surface area contributed by atoms with Gasteiger partial charge in [0, 0.05) is 0 Å². The number of carbonyl (C=O) groups excluding carboxylic acids is 2. The van der Waals surface area contributed by atoms with Crippen molar-refractivity contribution in [3.05, 3.63) is 35.4 Å². The van der Waals surface area contributed by atoms with Crippen molar-refractivity contribution in [2.75, 3.05) is 6.54 Å². The number of benzene rings is 1. The zero-order chi connectivity index (χ0) is 16.1. The summed E-state index contributed by atoms with van der Waals surface area (Å²) in [4.78, 5) is 25.2. The third kappa shape index (κ3) is 2.25. The van der Waals surface area contributed by atoms with Crippen molar-refractivity contribution in [1.29, 1.82) is 0 Å². The Hall–Kier alpha value is -2.02. The highest BCUT2D eigenvalue weighted by molar-refractivity contribution is 6.07. The molecule has 2 N–H and O–H groups in total. The number of urea groups is 1. The van der Waals surface area contributed by atoms with Gasteiger partial charge < -0.3 is 10.4 Å². The quantitative estimate of drug-likeness (QED) is 0.832. The number of imide groups is 1. The summed E-state index contributed by atoms with van der Waals surface area (Å²) in [6.45, 7) is 1.16. The molecule has 2 aliphatic rings. The van der Waals surface area contributed by atoms with Crippen molar-refractivity contribution in [2.24, 2.45) is 5.92 Å². The minimum Gasteiger partial charge on any atom is -0.386 e. The van der Waals surface area contributed by atoms with E-state index in [2.05, 4.69) is 5.32 Å². The SMILES string of the molecule is CC1(C2CC2)NC(=O)N(CC(O)c2c(F)cccc2F)C1=O. The van der Waals surface area contributed by atoms with Crippen LogP contribution in [0.3, 0.4) is 0 Å². The molecule has 1 aliphatic carbocycles.